The highest BCUT2D eigenvalue weighted by atomic mass is 32.2. The van der Waals surface area contributed by atoms with Gasteiger partial charge in [-0.15, -0.1) is 59.3 Å². The number of nitriles is 1. The molecule has 94 heavy (non-hydrogen) atoms. The summed E-state index contributed by atoms with van der Waals surface area (Å²) in [5, 5.41) is 64.6. The van der Waals surface area contributed by atoms with Crippen LogP contribution in [0.5, 0.6) is 11.6 Å². The summed E-state index contributed by atoms with van der Waals surface area (Å²) in [6.45, 7) is 5.81. The number of hydrogen-bond donors (Lipinski definition) is 9. The van der Waals surface area contributed by atoms with E-state index in [2.05, 4.69) is 61.8 Å². The van der Waals surface area contributed by atoms with E-state index in [1.165, 1.54) is 75.4 Å². The van der Waals surface area contributed by atoms with Crippen LogP contribution in [0.3, 0.4) is 0 Å². The number of anilines is 3. The maximum atomic E-state index is 12.9. The van der Waals surface area contributed by atoms with Gasteiger partial charge in [-0.05, 0) is 117 Å². The van der Waals surface area contributed by atoms with Crippen molar-refractivity contribution >= 4 is 171 Å². The number of azo groups is 4. The molecule has 0 saturated heterocycles. The molecule has 2 heterocycles. The number of nitrogens with one attached hydrogen (secondary N) is 3. The fraction of sp³-hybridized carbons (Fsp3) is 0.264. The number of nitrogens with zero attached hydrogens (tertiary/aromatic N) is 11. The zero-order valence-electron chi connectivity index (χ0n) is 49.5. The molecule has 0 aliphatic heterocycles. The van der Waals surface area contributed by atoms with Gasteiger partial charge >= 0.3 is 0 Å². The van der Waals surface area contributed by atoms with E-state index in [4.69, 9.17) is 4.74 Å². The molecule has 0 fully saturated rings. The van der Waals surface area contributed by atoms with Gasteiger partial charge in [0.05, 0.1) is 67.4 Å². The fourth-order valence-corrected chi connectivity index (χ4v) is 13.5. The van der Waals surface area contributed by atoms with Crippen LogP contribution in [0, 0.1) is 25.2 Å². The second-order valence-electron chi connectivity index (χ2n) is 19.9. The Morgan fingerprint density at radius 2 is 1.01 bits per heavy atom. The summed E-state index contributed by atoms with van der Waals surface area (Å²) in [5.41, 5.74) is -1.19. The molecule has 3 amide bonds. The minimum atomic E-state index is -4.73. The van der Waals surface area contributed by atoms with Crippen LogP contribution in [0.15, 0.2) is 133 Å². The van der Waals surface area contributed by atoms with E-state index in [0.717, 1.165) is 60.0 Å². The van der Waals surface area contributed by atoms with Crippen molar-refractivity contribution in [2.75, 3.05) is 51.3 Å². The third kappa shape index (κ3) is 19.9. The van der Waals surface area contributed by atoms with E-state index in [9.17, 15) is 89.6 Å². The maximum Gasteiger partial charge on any atom is 0.294 e. The van der Waals surface area contributed by atoms with Crippen LogP contribution in [-0.4, -0.2) is 132 Å². The summed E-state index contributed by atoms with van der Waals surface area (Å²) in [6, 6.07) is 16.7. The quantitative estimate of drug-likeness (QED) is 0.00952. The van der Waals surface area contributed by atoms with Gasteiger partial charge in [-0.2, -0.15) is 52.5 Å². The SMILES string of the molecule is CC(=O)Nc1cc(N=Nc2cc(SCCCS(=O)(=O)O)c(N=Nc3cc(OCCCS(=O)(=O)O)c(N=Nc4c(C)c(C#N)c5nc6c(C)c(S(=O)(=O)O)ccc6n5c4O)cc3NC(C)=O)cc2NC(C)=O)c(SCCCS(=O)(=O)O)cc1N=Nc1ccc(S(=O)(=O)O)cc1. The number of carbonyl (C=O) groups excluding carboxylic acids is 3. The number of carbonyl (C=O) groups is 3. The molecule has 0 atom stereocenters. The number of ether oxygens (including phenoxy) is 1. The maximum absolute atomic E-state index is 12.9. The number of aryl methyl sites for hydroxylation is 1. The monoisotopic (exact) mass is 1430 g/mol. The van der Waals surface area contributed by atoms with Gasteiger partial charge in [0.2, 0.25) is 23.6 Å². The molecule has 0 bridgehead atoms. The van der Waals surface area contributed by atoms with Crippen molar-refractivity contribution < 1.29 is 89.1 Å². The lowest BCUT2D eigenvalue weighted by molar-refractivity contribution is -0.115. The van der Waals surface area contributed by atoms with Crippen molar-refractivity contribution in [1.29, 1.82) is 5.26 Å². The van der Waals surface area contributed by atoms with Crippen molar-refractivity contribution in [2.45, 2.75) is 73.5 Å². The second kappa shape index (κ2) is 30.1. The van der Waals surface area contributed by atoms with Gasteiger partial charge in [-0.3, -0.25) is 41.5 Å². The number of amides is 3. The Balaban J connectivity index is 1.37. The van der Waals surface area contributed by atoms with Crippen LogP contribution in [0.4, 0.5) is 62.6 Å². The molecule has 0 aliphatic rings. The van der Waals surface area contributed by atoms with Crippen molar-refractivity contribution in [1.82, 2.24) is 9.38 Å². The molecule has 41 heteroatoms. The van der Waals surface area contributed by atoms with E-state index in [-0.39, 0.29) is 142 Å². The molecule has 0 unspecified atom stereocenters. The van der Waals surface area contributed by atoms with Crippen LogP contribution in [0.2, 0.25) is 0 Å². The number of hydrogen-bond acceptors (Lipinski definition) is 27. The minimum Gasteiger partial charge on any atom is -0.493 e. The zero-order valence-corrected chi connectivity index (χ0v) is 55.2. The lowest BCUT2D eigenvalue weighted by Gasteiger charge is -2.14. The first-order valence-electron chi connectivity index (χ1n) is 26.8. The summed E-state index contributed by atoms with van der Waals surface area (Å²) in [6.07, 6.45) is -0.505. The summed E-state index contributed by atoms with van der Waals surface area (Å²) >= 11 is 1.99. The zero-order chi connectivity index (χ0) is 69.3. The molecule has 7 aromatic rings. The highest BCUT2D eigenvalue weighted by molar-refractivity contribution is 7.99. The lowest BCUT2D eigenvalue weighted by Crippen LogP contribution is -2.09. The Bertz CT molecular complexity index is 4960. The van der Waals surface area contributed by atoms with Gasteiger partial charge < -0.3 is 25.8 Å². The van der Waals surface area contributed by atoms with Gasteiger partial charge in [-0.1, -0.05) is 0 Å². The standard InChI is InChI=1S/C53H54N14O20S7/c1-28-35(27-54)52-58-50-29(2)49(94(84,85)86)14-13-45(50)67(52)53(71)51(28)66-63-42-21-36(55-30(3)68)39(24-46(42)87-15-6-18-90(72,73)74)61-64-43-23-38(57-32(5)70)41(26-48(43)89-17-8-20-92(78,79)80)62-65-44-22-37(56-31(4)69)40(25-47(44)88-16-7-19-91(75,76)77)60-59-33-9-11-34(12-10-33)93(81,82)83/h9-14,21-26,71H,6-8,15-20H2,1-5H3,(H,55,68)(H,56,69)(H,57,70)(H,72,73,74)(H,75,76,77)(H,78,79,80)(H,81,82,83)(H,84,85,86). The highest BCUT2D eigenvalue weighted by Gasteiger charge is 2.26. The second-order valence-corrected chi connectivity index (χ2v) is 29.7. The topological polar surface area (TPSA) is 529 Å². The van der Waals surface area contributed by atoms with Crippen molar-refractivity contribution in [2.24, 2.45) is 40.9 Å². The van der Waals surface area contributed by atoms with Crippen molar-refractivity contribution in [3.05, 3.63) is 89.5 Å². The number of imidazole rings is 1. The molecule has 0 saturated carbocycles. The predicted molar refractivity (Wildman–Crippen MR) is 344 cm³/mol. The Kier molecular flexibility index (Phi) is 23.2. The Labute approximate surface area is 544 Å². The van der Waals surface area contributed by atoms with E-state index in [1.54, 1.807) is 0 Å². The van der Waals surface area contributed by atoms with Crippen molar-refractivity contribution in [3.8, 4) is 17.7 Å². The minimum absolute atomic E-state index is 0.000684. The molecule has 0 spiro atoms. The molecule has 2 aromatic heterocycles. The van der Waals surface area contributed by atoms with Gasteiger partial charge in [0.25, 0.3) is 50.6 Å². The Hall–Kier alpha value is -8.80. The van der Waals surface area contributed by atoms with Gasteiger partial charge in [0, 0.05) is 42.2 Å². The Morgan fingerprint density at radius 3 is 1.47 bits per heavy atom. The number of aromatic hydroxyl groups is 1. The third-order valence-corrected chi connectivity index (χ3v) is 19.1. The highest BCUT2D eigenvalue weighted by Crippen LogP contribution is 2.47. The lowest BCUT2D eigenvalue weighted by atomic mass is 10.1. The number of pyridine rings is 1. The van der Waals surface area contributed by atoms with Crippen LogP contribution < -0.4 is 20.7 Å². The summed E-state index contributed by atoms with van der Waals surface area (Å²) in [4.78, 5) is 42.2. The first kappa shape index (κ1) is 72.6. The van der Waals surface area contributed by atoms with Gasteiger partial charge in [-0.25, -0.2) is 4.98 Å². The first-order valence-corrected chi connectivity index (χ1v) is 36.5. The van der Waals surface area contributed by atoms with Crippen molar-refractivity contribution in [3.63, 3.8) is 0 Å². The molecular formula is C53H54N14O20S7. The molecule has 5 aromatic carbocycles. The molecule has 0 radical (unpaired) electrons. The Morgan fingerprint density at radius 1 is 0.564 bits per heavy atom. The number of aromatic nitrogens is 2. The van der Waals surface area contributed by atoms with Crippen LogP contribution >= 0.6 is 23.5 Å². The molecule has 9 N–H and O–H groups in total. The fourth-order valence-electron chi connectivity index (χ4n) is 8.49. The number of thioether (sulfide) groups is 2. The molecule has 498 valence electrons. The summed E-state index contributed by atoms with van der Waals surface area (Å²) < 4.78 is 173. The van der Waals surface area contributed by atoms with Gasteiger partial charge in [0.15, 0.2) is 11.3 Å². The average molecular weight is 1430 g/mol. The molecule has 0 aliphatic carbocycles. The smallest absolute Gasteiger partial charge is 0.294 e. The van der Waals surface area contributed by atoms with Crippen LogP contribution in [-0.2, 0) is 65.0 Å². The first-order chi connectivity index (χ1) is 43.9. The van der Waals surface area contributed by atoms with E-state index in [1.807, 2.05) is 6.07 Å². The van der Waals surface area contributed by atoms with E-state index < -0.39 is 108 Å². The van der Waals surface area contributed by atoms with E-state index in [0.29, 0.717) is 0 Å². The number of fused-ring (bicyclic) bond motifs is 3. The number of benzene rings is 5. The molecular weight excluding hydrogens is 1380 g/mol. The summed E-state index contributed by atoms with van der Waals surface area (Å²) in [5.74, 6) is -4.84. The van der Waals surface area contributed by atoms with Crippen LogP contribution in [0.25, 0.3) is 16.7 Å². The van der Waals surface area contributed by atoms with Crippen LogP contribution in [0.1, 0.15) is 56.7 Å². The number of rotatable bonds is 28. The largest absolute Gasteiger partial charge is 0.493 e. The normalized spacial score (nSPS) is 12.6. The third-order valence-electron chi connectivity index (χ3n) is 12.6. The molecule has 7 rings (SSSR count). The molecule has 34 nitrogen and oxygen atoms in total. The van der Waals surface area contributed by atoms with E-state index >= 15 is 0 Å². The van der Waals surface area contributed by atoms with Gasteiger partial charge in [0.1, 0.15) is 51.5 Å². The average Bonchev–Trinajstić information content (AvgIpc) is 1.57. The summed E-state index contributed by atoms with van der Waals surface area (Å²) in [7, 11) is -22.6. The predicted octanol–water partition coefficient (Wildman–Crippen LogP) is 11.1.